The Morgan fingerprint density at radius 1 is 1.24 bits per heavy atom. The summed E-state index contributed by atoms with van der Waals surface area (Å²) in [6.07, 6.45) is 11.5. The Hall–Kier alpha value is -1.68. The Labute approximate surface area is 125 Å². The van der Waals surface area contributed by atoms with Gasteiger partial charge in [0.1, 0.15) is 0 Å². The molecule has 110 valence electrons. The number of pyridine rings is 1. The van der Waals surface area contributed by atoms with Gasteiger partial charge >= 0.3 is 0 Å². The maximum atomic E-state index is 4.63. The third kappa shape index (κ3) is 2.60. The highest BCUT2D eigenvalue weighted by Crippen LogP contribution is 2.26. The minimum Gasteiger partial charge on any atom is -0.310 e. The quantitative estimate of drug-likeness (QED) is 0.937. The molecule has 2 aromatic heterocycles. The lowest BCUT2D eigenvalue weighted by molar-refractivity contribution is 0.651. The van der Waals surface area contributed by atoms with Crippen LogP contribution in [0.4, 0.5) is 0 Å². The zero-order valence-electron chi connectivity index (χ0n) is 12.6. The second kappa shape index (κ2) is 5.26. The molecule has 0 saturated heterocycles. The van der Waals surface area contributed by atoms with Crippen LogP contribution in [0.1, 0.15) is 48.3 Å². The van der Waals surface area contributed by atoms with Crippen LogP contribution in [0.5, 0.6) is 0 Å². The summed E-state index contributed by atoms with van der Waals surface area (Å²) in [5.41, 5.74) is 6.29. The first-order valence-corrected chi connectivity index (χ1v) is 8.05. The van der Waals surface area contributed by atoms with Crippen molar-refractivity contribution in [2.45, 2.75) is 58.0 Å². The van der Waals surface area contributed by atoms with Gasteiger partial charge in [-0.2, -0.15) is 0 Å². The standard InChI is InChI=1S/C17H22N4/c1-12-8-17(13(9-18-12)10-19-14-6-7-14)21-11-20-15-4-2-3-5-16(15)21/h8-9,11,14,19H,2-7,10H2,1H3. The van der Waals surface area contributed by atoms with Crippen LogP contribution >= 0.6 is 0 Å². The van der Waals surface area contributed by atoms with Crippen LogP contribution in [-0.2, 0) is 19.4 Å². The fraction of sp³-hybridized carbons (Fsp3) is 0.529. The monoisotopic (exact) mass is 282 g/mol. The van der Waals surface area contributed by atoms with Gasteiger partial charge in [-0.05, 0) is 51.5 Å². The Morgan fingerprint density at radius 3 is 2.95 bits per heavy atom. The van der Waals surface area contributed by atoms with E-state index in [2.05, 4.69) is 32.8 Å². The van der Waals surface area contributed by atoms with Gasteiger partial charge in [-0.3, -0.25) is 4.98 Å². The number of nitrogens with one attached hydrogen (secondary N) is 1. The highest BCUT2D eigenvalue weighted by Gasteiger charge is 2.22. The molecule has 0 amide bonds. The van der Waals surface area contributed by atoms with E-state index in [0.29, 0.717) is 0 Å². The molecule has 0 atom stereocenters. The molecule has 0 radical (unpaired) electrons. The molecule has 4 rings (SSSR count). The average Bonchev–Trinajstić information content (AvgIpc) is 3.23. The molecule has 21 heavy (non-hydrogen) atoms. The second-order valence-electron chi connectivity index (χ2n) is 6.32. The van der Waals surface area contributed by atoms with Crippen LogP contribution in [-0.4, -0.2) is 20.6 Å². The summed E-state index contributed by atoms with van der Waals surface area (Å²) in [6, 6.07) is 2.91. The lowest BCUT2D eigenvalue weighted by atomic mass is 10.0. The number of fused-ring (bicyclic) bond motifs is 1. The van der Waals surface area contributed by atoms with Crippen molar-refractivity contribution in [2.75, 3.05) is 0 Å². The highest BCUT2D eigenvalue weighted by atomic mass is 15.1. The molecular weight excluding hydrogens is 260 g/mol. The zero-order chi connectivity index (χ0) is 14.2. The summed E-state index contributed by atoms with van der Waals surface area (Å²) in [7, 11) is 0. The van der Waals surface area contributed by atoms with Gasteiger partial charge in [0.05, 0.1) is 17.7 Å². The number of hydrogen-bond donors (Lipinski definition) is 1. The van der Waals surface area contributed by atoms with Crippen molar-refractivity contribution in [1.82, 2.24) is 19.9 Å². The Balaban J connectivity index is 1.71. The topological polar surface area (TPSA) is 42.7 Å². The van der Waals surface area contributed by atoms with E-state index in [9.17, 15) is 0 Å². The molecule has 0 spiro atoms. The van der Waals surface area contributed by atoms with Crippen LogP contribution < -0.4 is 5.32 Å². The number of imidazole rings is 1. The van der Waals surface area contributed by atoms with Gasteiger partial charge in [0.25, 0.3) is 0 Å². The predicted octanol–water partition coefficient (Wildman–Crippen LogP) is 2.71. The predicted molar refractivity (Wildman–Crippen MR) is 82.6 cm³/mol. The molecule has 0 aliphatic heterocycles. The Bertz CT molecular complexity index is 655. The van der Waals surface area contributed by atoms with Crippen LogP contribution in [0.2, 0.25) is 0 Å². The van der Waals surface area contributed by atoms with E-state index >= 15 is 0 Å². The average molecular weight is 282 g/mol. The molecular formula is C17H22N4. The zero-order valence-corrected chi connectivity index (χ0v) is 12.6. The Morgan fingerprint density at radius 2 is 2.10 bits per heavy atom. The second-order valence-corrected chi connectivity index (χ2v) is 6.32. The molecule has 2 aliphatic carbocycles. The number of aromatic nitrogens is 3. The fourth-order valence-corrected chi connectivity index (χ4v) is 3.15. The third-order valence-corrected chi connectivity index (χ3v) is 4.55. The summed E-state index contributed by atoms with van der Waals surface area (Å²) in [5.74, 6) is 0. The maximum Gasteiger partial charge on any atom is 0.0997 e. The van der Waals surface area contributed by atoms with Gasteiger partial charge in [0, 0.05) is 35.7 Å². The van der Waals surface area contributed by atoms with E-state index in [0.717, 1.165) is 31.1 Å². The van der Waals surface area contributed by atoms with Gasteiger partial charge < -0.3 is 9.88 Å². The van der Waals surface area contributed by atoms with E-state index in [-0.39, 0.29) is 0 Å². The fourth-order valence-electron chi connectivity index (χ4n) is 3.15. The smallest absolute Gasteiger partial charge is 0.0997 e. The summed E-state index contributed by atoms with van der Waals surface area (Å²) in [5, 5.41) is 3.60. The summed E-state index contributed by atoms with van der Waals surface area (Å²) < 4.78 is 2.30. The first-order valence-electron chi connectivity index (χ1n) is 8.05. The van der Waals surface area contributed by atoms with Gasteiger partial charge in [-0.25, -0.2) is 4.98 Å². The molecule has 2 heterocycles. The van der Waals surface area contributed by atoms with Gasteiger partial charge in [0.2, 0.25) is 0 Å². The van der Waals surface area contributed by atoms with Crippen LogP contribution in [0.3, 0.4) is 0 Å². The number of rotatable bonds is 4. The van der Waals surface area contributed by atoms with E-state index in [4.69, 9.17) is 0 Å². The van der Waals surface area contributed by atoms with Gasteiger partial charge in [-0.1, -0.05) is 0 Å². The number of hydrogen-bond acceptors (Lipinski definition) is 3. The molecule has 1 fully saturated rings. The van der Waals surface area contributed by atoms with E-state index in [1.807, 2.05) is 12.5 Å². The maximum absolute atomic E-state index is 4.63. The van der Waals surface area contributed by atoms with Gasteiger partial charge in [0.15, 0.2) is 0 Å². The third-order valence-electron chi connectivity index (χ3n) is 4.55. The van der Waals surface area contributed by atoms with Gasteiger partial charge in [-0.15, -0.1) is 0 Å². The van der Waals surface area contributed by atoms with Crippen LogP contribution in [0, 0.1) is 6.92 Å². The summed E-state index contributed by atoms with van der Waals surface area (Å²) in [4.78, 5) is 9.12. The van der Waals surface area contributed by atoms with Crippen molar-refractivity contribution in [3.05, 3.63) is 41.2 Å². The Kier molecular flexibility index (Phi) is 3.26. The van der Waals surface area contributed by atoms with Crippen molar-refractivity contribution < 1.29 is 0 Å². The molecule has 0 aromatic carbocycles. The molecule has 0 bridgehead atoms. The van der Waals surface area contributed by atoms with E-state index in [1.165, 1.54) is 48.3 Å². The van der Waals surface area contributed by atoms with Crippen molar-refractivity contribution in [2.24, 2.45) is 0 Å². The minimum absolute atomic E-state index is 0.718. The molecule has 1 N–H and O–H groups in total. The minimum atomic E-state index is 0.718. The molecule has 2 aromatic rings. The van der Waals surface area contributed by atoms with Crippen LogP contribution in [0.25, 0.3) is 5.69 Å². The van der Waals surface area contributed by atoms with Crippen molar-refractivity contribution in [3.63, 3.8) is 0 Å². The number of nitrogens with zero attached hydrogens (tertiary/aromatic N) is 3. The molecule has 1 saturated carbocycles. The van der Waals surface area contributed by atoms with Crippen molar-refractivity contribution in [3.8, 4) is 5.69 Å². The largest absolute Gasteiger partial charge is 0.310 e. The highest BCUT2D eigenvalue weighted by molar-refractivity contribution is 5.43. The first-order chi connectivity index (χ1) is 10.3. The summed E-state index contributed by atoms with van der Waals surface area (Å²) >= 11 is 0. The molecule has 0 unspecified atom stereocenters. The number of aryl methyl sites for hydroxylation is 2. The van der Waals surface area contributed by atoms with E-state index < -0.39 is 0 Å². The molecule has 4 heteroatoms. The van der Waals surface area contributed by atoms with E-state index in [1.54, 1.807) is 0 Å². The SMILES string of the molecule is Cc1cc(-n2cnc3c2CCCC3)c(CNC2CC2)cn1. The first kappa shape index (κ1) is 13.0. The van der Waals surface area contributed by atoms with Crippen LogP contribution in [0.15, 0.2) is 18.6 Å². The van der Waals surface area contributed by atoms with Crippen molar-refractivity contribution in [1.29, 1.82) is 0 Å². The van der Waals surface area contributed by atoms with Crippen molar-refractivity contribution >= 4 is 0 Å². The normalized spacial score (nSPS) is 17.8. The lowest BCUT2D eigenvalue weighted by Gasteiger charge is -2.17. The molecule has 4 nitrogen and oxygen atoms in total. The molecule has 2 aliphatic rings. The summed E-state index contributed by atoms with van der Waals surface area (Å²) in [6.45, 7) is 2.96. The lowest BCUT2D eigenvalue weighted by Crippen LogP contribution is -2.18.